The molecule has 16 heavy (non-hydrogen) atoms. The highest BCUT2D eigenvalue weighted by Gasteiger charge is 2.30. The van der Waals surface area contributed by atoms with Crippen LogP contribution >= 0.6 is 0 Å². The molecule has 0 aliphatic heterocycles. The van der Waals surface area contributed by atoms with Gasteiger partial charge in [-0.05, 0) is 39.0 Å². The summed E-state index contributed by atoms with van der Waals surface area (Å²) in [6.07, 6.45) is 4.07. The average molecular weight is 226 g/mol. The average Bonchev–Trinajstić information content (AvgIpc) is 3.00. The summed E-state index contributed by atoms with van der Waals surface area (Å²) in [5.41, 5.74) is 0. The van der Waals surface area contributed by atoms with Crippen molar-refractivity contribution in [2.45, 2.75) is 72.0 Å². The maximum Gasteiger partial charge on any atom is 0.0113 e. The van der Waals surface area contributed by atoms with Gasteiger partial charge in [0.25, 0.3) is 0 Å². The van der Waals surface area contributed by atoms with E-state index >= 15 is 0 Å². The minimum absolute atomic E-state index is 0.688. The van der Waals surface area contributed by atoms with E-state index in [1.807, 2.05) is 0 Å². The number of rotatable bonds is 8. The molecule has 96 valence electrons. The highest BCUT2D eigenvalue weighted by Crippen LogP contribution is 2.27. The second-order valence-corrected chi connectivity index (χ2v) is 5.78. The van der Waals surface area contributed by atoms with Crippen LogP contribution in [0.25, 0.3) is 0 Å². The Bertz CT molecular complexity index is 183. The van der Waals surface area contributed by atoms with Gasteiger partial charge in [0.15, 0.2) is 0 Å². The second-order valence-electron chi connectivity index (χ2n) is 5.78. The number of nitrogens with zero attached hydrogens (tertiary/aromatic N) is 1. The summed E-state index contributed by atoms with van der Waals surface area (Å²) in [7, 11) is 0. The van der Waals surface area contributed by atoms with Crippen LogP contribution in [-0.4, -0.2) is 36.1 Å². The summed E-state index contributed by atoms with van der Waals surface area (Å²) in [6, 6.07) is 2.28. The number of hydrogen-bond acceptors (Lipinski definition) is 2. The summed E-state index contributed by atoms with van der Waals surface area (Å²) in [6.45, 7) is 13.9. The van der Waals surface area contributed by atoms with Crippen molar-refractivity contribution in [1.82, 2.24) is 10.2 Å². The van der Waals surface area contributed by atoms with Gasteiger partial charge in [-0.25, -0.2) is 0 Å². The minimum atomic E-state index is 0.688. The lowest BCUT2D eigenvalue weighted by atomic mass is 10.0. The Kier molecular flexibility index (Phi) is 5.77. The van der Waals surface area contributed by atoms with Crippen molar-refractivity contribution in [3.63, 3.8) is 0 Å². The van der Waals surface area contributed by atoms with Crippen molar-refractivity contribution >= 4 is 0 Å². The monoisotopic (exact) mass is 226 g/mol. The molecular formula is C14H30N2. The van der Waals surface area contributed by atoms with Crippen LogP contribution in [0, 0.1) is 5.92 Å². The molecule has 0 spiro atoms. The van der Waals surface area contributed by atoms with E-state index < -0.39 is 0 Å². The van der Waals surface area contributed by atoms with Gasteiger partial charge in [0.05, 0.1) is 0 Å². The van der Waals surface area contributed by atoms with Crippen LogP contribution in [0.4, 0.5) is 0 Å². The van der Waals surface area contributed by atoms with Crippen molar-refractivity contribution in [3.8, 4) is 0 Å². The lowest BCUT2D eigenvalue weighted by molar-refractivity contribution is 0.205. The zero-order valence-corrected chi connectivity index (χ0v) is 11.8. The predicted octanol–water partition coefficient (Wildman–Crippen LogP) is 2.88. The fourth-order valence-electron chi connectivity index (χ4n) is 2.50. The Morgan fingerprint density at radius 3 is 2.19 bits per heavy atom. The van der Waals surface area contributed by atoms with Crippen LogP contribution < -0.4 is 5.32 Å². The molecule has 2 nitrogen and oxygen atoms in total. The summed E-state index contributed by atoms with van der Waals surface area (Å²) < 4.78 is 0. The molecule has 0 amide bonds. The van der Waals surface area contributed by atoms with Gasteiger partial charge in [0.1, 0.15) is 0 Å². The molecular weight excluding hydrogens is 196 g/mol. The molecule has 0 radical (unpaired) electrons. The molecule has 0 saturated heterocycles. The van der Waals surface area contributed by atoms with E-state index in [2.05, 4.69) is 44.8 Å². The first kappa shape index (κ1) is 14.0. The zero-order chi connectivity index (χ0) is 12.1. The molecule has 1 N–H and O–H groups in total. The molecule has 1 saturated carbocycles. The van der Waals surface area contributed by atoms with Gasteiger partial charge in [-0.3, -0.25) is 4.90 Å². The molecule has 0 bridgehead atoms. The lowest BCUT2D eigenvalue weighted by Gasteiger charge is -2.28. The first-order valence-electron chi connectivity index (χ1n) is 7.05. The predicted molar refractivity (Wildman–Crippen MR) is 71.8 cm³/mol. The van der Waals surface area contributed by atoms with E-state index in [9.17, 15) is 0 Å². The van der Waals surface area contributed by atoms with Crippen LogP contribution in [0.2, 0.25) is 0 Å². The minimum Gasteiger partial charge on any atom is -0.312 e. The number of hydrogen-bond donors (Lipinski definition) is 1. The Morgan fingerprint density at radius 2 is 1.81 bits per heavy atom. The van der Waals surface area contributed by atoms with Gasteiger partial charge in [-0.2, -0.15) is 0 Å². The molecule has 1 unspecified atom stereocenters. The highest BCUT2D eigenvalue weighted by atomic mass is 15.2. The van der Waals surface area contributed by atoms with Crippen molar-refractivity contribution in [2.75, 3.05) is 13.1 Å². The van der Waals surface area contributed by atoms with Gasteiger partial charge in [-0.15, -0.1) is 0 Å². The quantitative estimate of drug-likeness (QED) is 0.684. The van der Waals surface area contributed by atoms with E-state index in [1.54, 1.807) is 0 Å². The molecule has 1 atom stereocenters. The Hall–Kier alpha value is -0.0800. The van der Waals surface area contributed by atoms with Crippen molar-refractivity contribution in [2.24, 2.45) is 5.92 Å². The molecule has 0 aromatic heterocycles. The van der Waals surface area contributed by atoms with Gasteiger partial charge in [-0.1, -0.05) is 20.8 Å². The van der Waals surface area contributed by atoms with E-state index in [4.69, 9.17) is 0 Å². The van der Waals surface area contributed by atoms with E-state index in [0.717, 1.165) is 18.5 Å². The smallest absolute Gasteiger partial charge is 0.0113 e. The molecule has 2 heteroatoms. The Labute approximate surface area is 102 Å². The topological polar surface area (TPSA) is 15.3 Å². The third-order valence-corrected chi connectivity index (χ3v) is 3.70. The first-order chi connectivity index (χ1) is 7.56. The van der Waals surface area contributed by atoms with Crippen LogP contribution in [0.15, 0.2) is 0 Å². The van der Waals surface area contributed by atoms with Crippen LogP contribution in [-0.2, 0) is 0 Å². The van der Waals surface area contributed by atoms with Crippen LogP contribution in [0.5, 0.6) is 0 Å². The highest BCUT2D eigenvalue weighted by molar-refractivity contribution is 4.86. The summed E-state index contributed by atoms with van der Waals surface area (Å²) in [5.74, 6) is 0.749. The molecule has 1 rings (SSSR count). The van der Waals surface area contributed by atoms with Gasteiger partial charge >= 0.3 is 0 Å². The molecule has 0 aromatic carbocycles. The Balaban J connectivity index is 2.21. The third kappa shape index (κ3) is 4.42. The van der Waals surface area contributed by atoms with Gasteiger partial charge < -0.3 is 5.32 Å². The molecule has 0 heterocycles. The SMILES string of the molecule is CCC(NCCN(C(C)C)C1CC1)C(C)C. The van der Waals surface area contributed by atoms with Crippen LogP contribution in [0.3, 0.4) is 0 Å². The number of nitrogens with one attached hydrogen (secondary N) is 1. The normalized spacial score (nSPS) is 18.8. The van der Waals surface area contributed by atoms with Crippen LogP contribution in [0.1, 0.15) is 53.9 Å². The summed E-state index contributed by atoms with van der Waals surface area (Å²) >= 11 is 0. The Morgan fingerprint density at radius 1 is 1.19 bits per heavy atom. The maximum atomic E-state index is 3.70. The standard InChI is InChI=1S/C14H30N2/c1-6-14(11(2)3)15-9-10-16(12(4)5)13-7-8-13/h11-15H,6-10H2,1-5H3. The summed E-state index contributed by atoms with van der Waals surface area (Å²) in [4.78, 5) is 2.65. The third-order valence-electron chi connectivity index (χ3n) is 3.70. The lowest BCUT2D eigenvalue weighted by Crippen LogP contribution is -2.42. The fraction of sp³-hybridized carbons (Fsp3) is 1.00. The molecule has 1 fully saturated rings. The molecule has 1 aliphatic carbocycles. The fourth-order valence-corrected chi connectivity index (χ4v) is 2.50. The molecule has 1 aliphatic rings. The van der Waals surface area contributed by atoms with Crippen molar-refractivity contribution < 1.29 is 0 Å². The van der Waals surface area contributed by atoms with Gasteiger partial charge in [0, 0.05) is 31.2 Å². The van der Waals surface area contributed by atoms with E-state index in [-0.39, 0.29) is 0 Å². The van der Waals surface area contributed by atoms with Crippen molar-refractivity contribution in [1.29, 1.82) is 0 Å². The largest absolute Gasteiger partial charge is 0.312 e. The van der Waals surface area contributed by atoms with Gasteiger partial charge in [0.2, 0.25) is 0 Å². The van der Waals surface area contributed by atoms with Crippen molar-refractivity contribution in [3.05, 3.63) is 0 Å². The second kappa shape index (κ2) is 6.61. The maximum absolute atomic E-state index is 3.70. The van der Waals surface area contributed by atoms with E-state index in [1.165, 1.54) is 25.8 Å². The van der Waals surface area contributed by atoms with E-state index in [0.29, 0.717) is 12.1 Å². The first-order valence-corrected chi connectivity index (χ1v) is 7.05. The summed E-state index contributed by atoms with van der Waals surface area (Å²) in [5, 5.41) is 3.70. The molecule has 0 aromatic rings. The zero-order valence-electron chi connectivity index (χ0n) is 11.8.